The van der Waals surface area contributed by atoms with E-state index in [0.29, 0.717) is 47.9 Å². The molecule has 0 aromatic heterocycles. The number of rotatable bonds is 8. The second-order valence-corrected chi connectivity index (χ2v) is 11.9. The van der Waals surface area contributed by atoms with Crippen molar-refractivity contribution in [3.8, 4) is 5.75 Å². The van der Waals surface area contributed by atoms with E-state index in [-0.39, 0.29) is 30.1 Å². The number of hydrogen-bond donors (Lipinski definition) is 1. The van der Waals surface area contributed by atoms with Crippen LogP contribution in [0, 0.1) is 5.92 Å². The van der Waals surface area contributed by atoms with Crippen molar-refractivity contribution in [1.29, 1.82) is 0 Å². The Morgan fingerprint density at radius 1 is 1.07 bits per heavy atom. The number of nitrogens with zero attached hydrogens (tertiary/aromatic N) is 2. The maximum absolute atomic E-state index is 13.4. The molecule has 226 valence electrons. The van der Waals surface area contributed by atoms with Crippen LogP contribution in [0.15, 0.2) is 89.7 Å². The number of piperidine rings is 1. The molecule has 9 heteroatoms. The normalized spacial score (nSPS) is 21.0. The molecule has 1 aliphatic carbocycles. The van der Waals surface area contributed by atoms with Crippen LogP contribution in [0.25, 0.3) is 0 Å². The summed E-state index contributed by atoms with van der Waals surface area (Å²) in [5.74, 6) is 0.500. The molecule has 0 spiro atoms. The zero-order valence-corrected chi connectivity index (χ0v) is 25.5. The van der Waals surface area contributed by atoms with E-state index in [0.717, 1.165) is 24.2 Å². The zero-order valence-electron chi connectivity index (χ0n) is 24.8. The number of carbonyl (C=O) groups excluding carboxylic acids is 3. The van der Waals surface area contributed by atoms with Crippen LogP contribution in [0.4, 0.5) is 4.79 Å². The minimum atomic E-state index is -0.637. The van der Waals surface area contributed by atoms with Crippen LogP contribution in [0.5, 0.6) is 5.75 Å². The van der Waals surface area contributed by atoms with Gasteiger partial charge in [0.25, 0.3) is 5.91 Å². The average Bonchev–Trinajstić information content (AvgIpc) is 2.99. The van der Waals surface area contributed by atoms with Gasteiger partial charge in [0.1, 0.15) is 11.9 Å². The van der Waals surface area contributed by atoms with Crippen molar-refractivity contribution in [2.45, 2.75) is 58.3 Å². The number of likely N-dealkylation sites (tertiary alicyclic amines) is 1. The number of allylic oxidation sites excluding steroid dienone is 1. The quantitative estimate of drug-likeness (QED) is 0.363. The summed E-state index contributed by atoms with van der Waals surface area (Å²) in [6.45, 7) is 6.93. The molecule has 0 bridgehead atoms. The molecule has 0 radical (unpaired) electrons. The summed E-state index contributed by atoms with van der Waals surface area (Å²) in [6, 6.07) is 16.0. The molecule has 1 N–H and O–H groups in total. The fourth-order valence-corrected chi connectivity index (χ4v) is 6.03. The lowest BCUT2D eigenvalue weighted by Gasteiger charge is -2.41. The van der Waals surface area contributed by atoms with Gasteiger partial charge in [0.2, 0.25) is 0 Å². The van der Waals surface area contributed by atoms with Crippen LogP contribution in [0.2, 0.25) is 5.02 Å². The highest BCUT2D eigenvalue weighted by Gasteiger charge is 2.40. The Labute approximate surface area is 258 Å². The molecule has 3 amide bonds. The number of hydrogen-bond acceptors (Lipinski definition) is 5. The molecular weight excluding hydrogens is 566 g/mol. The number of halogens is 1. The first-order valence-corrected chi connectivity index (χ1v) is 15.2. The topological polar surface area (TPSA) is 88.2 Å². The molecule has 5 rings (SSSR count). The van der Waals surface area contributed by atoms with E-state index in [1.54, 1.807) is 37.8 Å². The van der Waals surface area contributed by atoms with Gasteiger partial charge in [-0.05, 0) is 75.4 Å². The molecule has 2 aliphatic heterocycles. The van der Waals surface area contributed by atoms with E-state index >= 15 is 0 Å². The van der Waals surface area contributed by atoms with Gasteiger partial charge in [-0.15, -0.1) is 0 Å². The zero-order chi connectivity index (χ0) is 30.5. The predicted octanol–water partition coefficient (Wildman–Crippen LogP) is 6.20. The highest BCUT2D eigenvalue weighted by atomic mass is 35.5. The lowest BCUT2D eigenvalue weighted by Crippen LogP contribution is -2.51. The van der Waals surface area contributed by atoms with Crippen LogP contribution < -0.4 is 10.1 Å². The van der Waals surface area contributed by atoms with Crippen molar-refractivity contribution < 1.29 is 23.9 Å². The van der Waals surface area contributed by atoms with Gasteiger partial charge in [0.15, 0.2) is 0 Å². The van der Waals surface area contributed by atoms with Crippen molar-refractivity contribution in [1.82, 2.24) is 15.1 Å². The Morgan fingerprint density at radius 3 is 2.47 bits per heavy atom. The van der Waals surface area contributed by atoms with Crippen LogP contribution in [0.3, 0.4) is 0 Å². The maximum Gasteiger partial charge on any atom is 0.338 e. The van der Waals surface area contributed by atoms with Crippen LogP contribution >= 0.6 is 11.6 Å². The van der Waals surface area contributed by atoms with Crippen molar-refractivity contribution in [2.75, 3.05) is 19.6 Å². The Kier molecular flexibility index (Phi) is 9.56. The van der Waals surface area contributed by atoms with Gasteiger partial charge in [-0.1, -0.05) is 54.1 Å². The predicted molar refractivity (Wildman–Crippen MR) is 165 cm³/mol. The standard InChI is InChI=1S/C34H38ClN3O5/c1-22(2)42-33(40)30-23(3)36-34(41)38(31(30)26-8-7-9-27(35)20-26)21-24-16-18-37(19-17-24)32(39)25-12-14-29(15-13-25)43-28-10-5-4-6-11-28/h4-14,20,22,24,29,31H,15-19,21H2,1-3H3,(H,36,41). The van der Waals surface area contributed by atoms with Crippen LogP contribution in [0.1, 0.15) is 51.6 Å². The molecule has 0 saturated carbocycles. The van der Waals surface area contributed by atoms with Crippen molar-refractivity contribution in [3.63, 3.8) is 0 Å². The number of amides is 3. The second kappa shape index (κ2) is 13.5. The molecule has 2 heterocycles. The number of para-hydroxylation sites is 1. The first-order valence-electron chi connectivity index (χ1n) is 14.8. The van der Waals surface area contributed by atoms with Gasteiger partial charge in [-0.3, -0.25) is 4.79 Å². The fraction of sp³-hybridized carbons (Fsp3) is 0.382. The smallest absolute Gasteiger partial charge is 0.338 e. The third kappa shape index (κ3) is 7.31. The third-order valence-corrected chi connectivity index (χ3v) is 8.20. The maximum atomic E-state index is 13.4. The van der Waals surface area contributed by atoms with Crippen LogP contribution in [-0.2, 0) is 14.3 Å². The average molecular weight is 604 g/mol. The fourth-order valence-electron chi connectivity index (χ4n) is 5.83. The second-order valence-electron chi connectivity index (χ2n) is 11.5. The molecule has 2 aromatic carbocycles. The lowest BCUT2D eigenvalue weighted by molar-refractivity contribution is -0.143. The summed E-state index contributed by atoms with van der Waals surface area (Å²) in [4.78, 5) is 43.5. The molecule has 2 aromatic rings. The van der Waals surface area contributed by atoms with E-state index in [4.69, 9.17) is 21.1 Å². The van der Waals surface area contributed by atoms with Gasteiger partial charge in [0.05, 0.1) is 17.7 Å². The molecule has 2 atom stereocenters. The number of carbonyl (C=O) groups is 3. The Balaban J connectivity index is 1.24. The third-order valence-electron chi connectivity index (χ3n) is 7.97. The Morgan fingerprint density at radius 2 is 1.81 bits per heavy atom. The van der Waals surface area contributed by atoms with Crippen molar-refractivity contribution in [2.24, 2.45) is 5.92 Å². The first-order chi connectivity index (χ1) is 20.7. The van der Waals surface area contributed by atoms with Gasteiger partial charge in [-0.25, -0.2) is 9.59 Å². The number of nitrogens with one attached hydrogen (secondary N) is 1. The van der Waals surface area contributed by atoms with E-state index in [9.17, 15) is 14.4 Å². The van der Waals surface area contributed by atoms with E-state index in [1.165, 1.54) is 0 Å². The summed E-state index contributed by atoms with van der Waals surface area (Å²) in [5, 5.41) is 3.39. The first kappa shape index (κ1) is 30.4. The summed E-state index contributed by atoms with van der Waals surface area (Å²) in [7, 11) is 0. The minimum absolute atomic E-state index is 0.0117. The highest BCUT2D eigenvalue weighted by molar-refractivity contribution is 6.30. The molecule has 3 aliphatic rings. The minimum Gasteiger partial charge on any atom is -0.486 e. The SMILES string of the molecule is CC1=C(C(=O)OC(C)C)C(c2cccc(Cl)c2)N(CC2CCN(C(=O)C3=CCC(Oc4ccccc4)C=C3)CC2)C(=O)N1. The Bertz CT molecular complexity index is 1440. The Hall–Kier alpha value is -4.04. The molecule has 1 fully saturated rings. The largest absolute Gasteiger partial charge is 0.486 e. The van der Waals surface area contributed by atoms with E-state index in [1.807, 2.05) is 65.6 Å². The monoisotopic (exact) mass is 603 g/mol. The number of esters is 1. The van der Waals surface area contributed by atoms with Crippen LogP contribution in [-0.4, -0.2) is 59.5 Å². The number of benzene rings is 2. The molecule has 2 unspecified atom stereocenters. The van der Waals surface area contributed by atoms with Gasteiger partial charge in [-0.2, -0.15) is 0 Å². The molecule has 43 heavy (non-hydrogen) atoms. The van der Waals surface area contributed by atoms with Gasteiger partial charge < -0.3 is 24.6 Å². The van der Waals surface area contributed by atoms with Gasteiger partial charge >= 0.3 is 12.0 Å². The van der Waals surface area contributed by atoms with Gasteiger partial charge in [0, 0.05) is 42.3 Å². The van der Waals surface area contributed by atoms with Crippen molar-refractivity contribution in [3.05, 3.63) is 100 Å². The number of ether oxygens (including phenoxy) is 2. The summed E-state index contributed by atoms with van der Waals surface area (Å²) < 4.78 is 11.6. The molecule has 1 saturated heterocycles. The van der Waals surface area contributed by atoms with E-state index in [2.05, 4.69) is 5.32 Å². The lowest BCUT2D eigenvalue weighted by atomic mass is 9.90. The summed E-state index contributed by atoms with van der Waals surface area (Å²) >= 11 is 6.34. The summed E-state index contributed by atoms with van der Waals surface area (Å²) in [6.07, 6.45) is 7.44. The molecular formula is C34H38ClN3O5. The molecule has 8 nitrogen and oxygen atoms in total. The number of urea groups is 1. The summed E-state index contributed by atoms with van der Waals surface area (Å²) in [5.41, 5.74) is 2.29. The highest BCUT2D eigenvalue weighted by Crippen LogP contribution is 2.37. The van der Waals surface area contributed by atoms with E-state index < -0.39 is 12.0 Å². The van der Waals surface area contributed by atoms with Crippen molar-refractivity contribution >= 4 is 29.5 Å².